The Balaban J connectivity index is 1.12. The number of hydrogen-bond acceptors (Lipinski definition) is 3. The van der Waals surface area contributed by atoms with E-state index in [2.05, 4.69) is 5.32 Å². The van der Waals surface area contributed by atoms with Crippen molar-refractivity contribution in [2.75, 3.05) is 32.7 Å². The number of carbonyl (C=O) groups is 3. The van der Waals surface area contributed by atoms with E-state index in [4.69, 9.17) is 0 Å². The first-order valence-corrected chi connectivity index (χ1v) is 11.6. The van der Waals surface area contributed by atoms with Crippen molar-refractivity contribution in [3.63, 3.8) is 0 Å². The predicted molar refractivity (Wildman–Crippen MR) is 119 cm³/mol. The van der Waals surface area contributed by atoms with Crippen LogP contribution in [0.4, 0.5) is 8.78 Å². The molecule has 2 aromatic carbocycles. The molecule has 6 nitrogen and oxygen atoms in total. The molecule has 2 aliphatic carbocycles. The topological polar surface area (TPSA) is 69.7 Å². The van der Waals surface area contributed by atoms with Gasteiger partial charge >= 0.3 is 11.8 Å². The largest absolute Gasteiger partial charge is 0.348 e. The second kappa shape index (κ2) is 8.39. The molecule has 3 unspecified atom stereocenters. The van der Waals surface area contributed by atoms with E-state index < -0.39 is 29.6 Å². The van der Waals surface area contributed by atoms with E-state index in [0.29, 0.717) is 37.9 Å². The molecule has 33 heavy (non-hydrogen) atoms. The zero-order valence-corrected chi connectivity index (χ0v) is 18.3. The van der Waals surface area contributed by atoms with Crippen LogP contribution in [0.1, 0.15) is 29.6 Å². The van der Waals surface area contributed by atoms with Crippen molar-refractivity contribution < 1.29 is 23.2 Å². The molecule has 3 aliphatic rings. The quantitative estimate of drug-likeness (QED) is 0.724. The van der Waals surface area contributed by atoms with Crippen LogP contribution in [-0.2, 0) is 9.59 Å². The maximum Gasteiger partial charge on any atom is 0.312 e. The van der Waals surface area contributed by atoms with Gasteiger partial charge in [-0.2, -0.15) is 0 Å². The smallest absolute Gasteiger partial charge is 0.312 e. The third-order valence-corrected chi connectivity index (χ3v) is 7.46. The second-order valence-electron chi connectivity index (χ2n) is 9.39. The Bertz CT molecular complexity index is 1090. The highest BCUT2D eigenvalue weighted by Crippen LogP contribution is 2.63. The summed E-state index contributed by atoms with van der Waals surface area (Å²) in [6.45, 7) is 1.51. The Hall–Kier alpha value is -3.03. The summed E-state index contributed by atoms with van der Waals surface area (Å²) in [7, 11) is 0. The van der Waals surface area contributed by atoms with Gasteiger partial charge in [0.05, 0.1) is 0 Å². The molecule has 1 heterocycles. The maximum atomic E-state index is 13.5. The number of benzene rings is 2. The van der Waals surface area contributed by atoms with Gasteiger partial charge in [-0.25, -0.2) is 8.78 Å². The molecular weight excluding hydrogens is 428 g/mol. The fourth-order valence-corrected chi connectivity index (χ4v) is 5.40. The summed E-state index contributed by atoms with van der Waals surface area (Å²) in [6.07, 6.45) is 1.54. The Kier molecular flexibility index (Phi) is 5.54. The van der Waals surface area contributed by atoms with Gasteiger partial charge in [0.15, 0.2) is 0 Å². The minimum atomic E-state index is -2.54. The maximum absolute atomic E-state index is 13.5. The van der Waals surface area contributed by atoms with E-state index in [1.807, 2.05) is 36.4 Å². The van der Waals surface area contributed by atoms with Gasteiger partial charge in [0, 0.05) is 50.1 Å². The Morgan fingerprint density at radius 1 is 0.909 bits per heavy atom. The number of nitrogens with zero attached hydrogens (tertiary/aromatic N) is 2. The molecule has 3 atom stereocenters. The third kappa shape index (κ3) is 4.07. The monoisotopic (exact) mass is 455 g/mol. The van der Waals surface area contributed by atoms with Crippen LogP contribution in [0, 0.1) is 17.8 Å². The molecule has 2 aromatic rings. The van der Waals surface area contributed by atoms with Crippen molar-refractivity contribution in [2.45, 2.75) is 25.2 Å². The van der Waals surface area contributed by atoms with E-state index in [1.54, 1.807) is 11.0 Å². The molecule has 3 fully saturated rings. The van der Waals surface area contributed by atoms with E-state index in [9.17, 15) is 23.2 Å². The second-order valence-corrected chi connectivity index (χ2v) is 9.39. The zero-order valence-electron chi connectivity index (χ0n) is 18.3. The average Bonchev–Trinajstić information content (AvgIpc) is 3.40. The van der Waals surface area contributed by atoms with Crippen molar-refractivity contribution in [3.8, 4) is 0 Å². The van der Waals surface area contributed by atoms with Gasteiger partial charge in [-0.15, -0.1) is 0 Å². The highest BCUT2D eigenvalue weighted by Gasteiger charge is 2.68. The van der Waals surface area contributed by atoms with Gasteiger partial charge in [-0.3, -0.25) is 14.4 Å². The standard InChI is InChI=1S/C25H27F2N3O3/c26-25(27)20-9-8-16(14-21(20)25)15-28-22(31)24(33)30-12-10-29(11-13-30)23(32)19-7-3-5-17-4-1-2-6-18(17)19/h1-7,16,20-21H,8-15H2,(H,28,31). The summed E-state index contributed by atoms with van der Waals surface area (Å²) in [5, 5.41) is 4.52. The SMILES string of the molecule is O=C(NCC1CCC2C(C1)C2(F)F)C(=O)N1CCN(C(=O)c2cccc3ccccc23)CC1. The molecule has 1 N–H and O–H groups in total. The lowest BCUT2D eigenvalue weighted by molar-refractivity contribution is -0.146. The molecule has 5 rings (SSSR count). The number of piperazine rings is 1. The average molecular weight is 456 g/mol. The van der Waals surface area contributed by atoms with E-state index in [0.717, 1.165) is 10.8 Å². The summed E-state index contributed by atoms with van der Waals surface area (Å²) in [5.41, 5.74) is 0.626. The van der Waals surface area contributed by atoms with Gasteiger partial charge in [0.2, 0.25) is 0 Å². The molecule has 1 saturated heterocycles. The van der Waals surface area contributed by atoms with Crippen molar-refractivity contribution in [2.24, 2.45) is 17.8 Å². The molecular formula is C25H27F2N3O3. The minimum Gasteiger partial charge on any atom is -0.348 e. The number of nitrogens with one attached hydrogen (secondary N) is 1. The third-order valence-electron chi connectivity index (χ3n) is 7.46. The molecule has 0 radical (unpaired) electrons. The van der Waals surface area contributed by atoms with Crippen LogP contribution in [0.5, 0.6) is 0 Å². The van der Waals surface area contributed by atoms with Crippen LogP contribution >= 0.6 is 0 Å². The Morgan fingerprint density at radius 2 is 1.61 bits per heavy atom. The van der Waals surface area contributed by atoms with Gasteiger partial charge < -0.3 is 15.1 Å². The van der Waals surface area contributed by atoms with Crippen LogP contribution in [0.2, 0.25) is 0 Å². The number of amides is 3. The van der Waals surface area contributed by atoms with E-state index >= 15 is 0 Å². The zero-order chi connectivity index (χ0) is 23.2. The number of halogens is 2. The van der Waals surface area contributed by atoms with E-state index in [1.165, 1.54) is 4.90 Å². The minimum absolute atomic E-state index is 0.00783. The Labute approximate surface area is 190 Å². The molecule has 3 amide bonds. The number of rotatable bonds is 3. The van der Waals surface area contributed by atoms with Crippen molar-refractivity contribution in [3.05, 3.63) is 48.0 Å². The van der Waals surface area contributed by atoms with Gasteiger partial charge in [-0.1, -0.05) is 36.4 Å². The van der Waals surface area contributed by atoms with Crippen LogP contribution < -0.4 is 5.32 Å². The molecule has 0 bridgehead atoms. The molecule has 1 aliphatic heterocycles. The molecule has 174 valence electrons. The first-order valence-electron chi connectivity index (χ1n) is 11.6. The predicted octanol–water partition coefficient (Wildman–Crippen LogP) is 2.92. The summed E-state index contributed by atoms with van der Waals surface area (Å²) in [4.78, 5) is 41.1. The van der Waals surface area contributed by atoms with Crippen molar-refractivity contribution in [1.82, 2.24) is 15.1 Å². The summed E-state index contributed by atoms with van der Waals surface area (Å²) in [5.74, 6) is -5.01. The van der Waals surface area contributed by atoms with Crippen molar-refractivity contribution in [1.29, 1.82) is 0 Å². The van der Waals surface area contributed by atoms with Gasteiger partial charge in [0.25, 0.3) is 11.8 Å². The van der Waals surface area contributed by atoms with Crippen LogP contribution in [-0.4, -0.2) is 66.2 Å². The van der Waals surface area contributed by atoms with Crippen LogP contribution in [0.3, 0.4) is 0 Å². The highest BCUT2D eigenvalue weighted by atomic mass is 19.3. The molecule has 0 spiro atoms. The number of alkyl halides is 2. The van der Waals surface area contributed by atoms with Crippen LogP contribution in [0.25, 0.3) is 10.8 Å². The molecule has 0 aromatic heterocycles. The lowest BCUT2D eigenvalue weighted by Crippen LogP contribution is -2.54. The Morgan fingerprint density at radius 3 is 2.36 bits per heavy atom. The molecule has 8 heteroatoms. The number of carbonyl (C=O) groups excluding carboxylic acids is 3. The highest BCUT2D eigenvalue weighted by molar-refractivity contribution is 6.35. The van der Waals surface area contributed by atoms with Crippen molar-refractivity contribution >= 4 is 28.5 Å². The molecule has 2 saturated carbocycles. The lowest BCUT2D eigenvalue weighted by atomic mass is 9.89. The normalized spacial score (nSPS) is 25.9. The summed E-state index contributed by atoms with van der Waals surface area (Å²) in [6, 6.07) is 13.3. The summed E-state index contributed by atoms with van der Waals surface area (Å²) >= 11 is 0. The fraction of sp³-hybridized carbons (Fsp3) is 0.480. The lowest BCUT2D eigenvalue weighted by Gasteiger charge is -2.34. The van der Waals surface area contributed by atoms with E-state index in [-0.39, 0.29) is 31.5 Å². The number of hydrogen-bond donors (Lipinski definition) is 1. The van der Waals surface area contributed by atoms with Gasteiger partial charge in [-0.05, 0) is 42.0 Å². The number of fused-ring (bicyclic) bond motifs is 2. The first kappa shape index (κ1) is 21.8. The fourth-order valence-electron chi connectivity index (χ4n) is 5.40. The first-order chi connectivity index (χ1) is 15.9. The summed E-state index contributed by atoms with van der Waals surface area (Å²) < 4.78 is 27.1. The van der Waals surface area contributed by atoms with Gasteiger partial charge in [0.1, 0.15) is 0 Å². The van der Waals surface area contributed by atoms with Crippen LogP contribution in [0.15, 0.2) is 42.5 Å².